The fourth-order valence-corrected chi connectivity index (χ4v) is 3.50. The molecule has 1 aromatic carbocycles. The molecule has 1 aromatic rings. The molecule has 0 amide bonds. The SMILES string of the molecule is CCOP(=O)(OCC)C(OC)c1ccc(N)cc1. The molecule has 2 N–H and O–H groups in total. The van der Waals surface area contributed by atoms with Crippen molar-refractivity contribution in [1.29, 1.82) is 0 Å². The number of rotatable bonds is 7. The van der Waals surface area contributed by atoms with Gasteiger partial charge in [-0.1, -0.05) is 12.1 Å². The number of nitrogens with two attached hydrogens (primary N) is 1. The van der Waals surface area contributed by atoms with Gasteiger partial charge in [0, 0.05) is 12.8 Å². The van der Waals surface area contributed by atoms with E-state index < -0.39 is 13.4 Å². The van der Waals surface area contributed by atoms with E-state index in [1.54, 1.807) is 38.1 Å². The molecule has 0 aromatic heterocycles. The van der Waals surface area contributed by atoms with Crippen LogP contribution in [-0.4, -0.2) is 20.3 Å². The summed E-state index contributed by atoms with van der Waals surface area (Å²) in [6.07, 6.45) is 0. The smallest absolute Gasteiger partial charge is 0.363 e. The predicted molar refractivity (Wildman–Crippen MR) is 71.5 cm³/mol. The Hall–Kier alpha value is -0.870. The van der Waals surface area contributed by atoms with Crippen LogP contribution in [0.2, 0.25) is 0 Å². The van der Waals surface area contributed by atoms with Crippen molar-refractivity contribution in [3.8, 4) is 0 Å². The molecule has 0 saturated carbocycles. The van der Waals surface area contributed by atoms with Crippen LogP contribution in [0.15, 0.2) is 24.3 Å². The van der Waals surface area contributed by atoms with Crippen LogP contribution in [0.25, 0.3) is 0 Å². The summed E-state index contributed by atoms with van der Waals surface area (Å²) in [6.45, 7) is 4.13. The third-order valence-electron chi connectivity index (χ3n) is 2.35. The summed E-state index contributed by atoms with van der Waals surface area (Å²) in [5, 5.41) is 0. The maximum atomic E-state index is 12.6. The van der Waals surface area contributed by atoms with Gasteiger partial charge in [-0.25, -0.2) is 0 Å². The van der Waals surface area contributed by atoms with E-state index >= 15 is 0 Å². The topological polar surface area (TPSA) is 70.8 Å². The molecule has 1 unspecified atom stereocenters. The molecule has 18 heavy (non-hydrogen) atoms. The lowest BCUT2D eigenvalue weighted by Crippen LogP contribution is -2.08. The minimum absolute atomic E-state index is 0.298. The molecule has 5 nitrogen and oxygen atoms in total. The zero-order chi connectivity index (χ0) is 13.6. The Labute approximate surface area is 108 Å². The number of benzene rings is 1. The minimum Gasteiger partial charge on any atom is -0.399 e. The molecule has 0 aliphatic carbocycles. The highest BCUT2D eigenvalue weighted by Gasteiger charge is 2.37. The summed E-state index contributed by atoms with van der Waals surface area (Å²) in [5.41, 5.74) is 6.98. The van der Waals surface area contributed by atoms with Gasteiger partial charge in [0.1, 0.15) is 0 Å². The van der Waals surface area contributed by atoms with Crippen molar-refractivity contribution in [2.75, 3.05) is 26.1 Å². The summed E-state index contributed by atoms with van der Waals surface area (Å²) in [6, 6.07) is 6.97. The van der Waals surface area contributed by atoms with Crippen LogP contribution in [-0.2, 0) is 18.3 Å². The molecule has 1 atom stereocenters. The molecular formula is C12H20NO4P. The molecule has 6 heteroatoms. The van der Waals surface area contributed by atoms with Gasteiger partial charge in [0.25, 0.3) is 0 Å². The molecule has 0 saturated heterocycles. The highest BCUT2D eigenvalue weighted by molar-refractivity contribution is 7.54. The maximum Gasteiger partial charge on any atom is 0.363 e. The van der Waals surface area contributed by atoms with E-state index in [4.69, 9.17) is 19.5 Å². The molecule has 0 bridgehead atoms. The Morgan fingerprint density at radius 1 is 1.17 bits per heavy atom. The second-order valence-corrected chi connectivity index (χ2v) is 5.70. The highest BCUT2D eigenvalue weighted by atomic mass is 31.2. The van der Waals surface area contributed by atoms with Gasteiger partial charge in [0.05, 0.1) is 13.2 Å². The maximum absolute atomic E-state index is 12.6. The lowest BCUT2D eigenvalue weighted by Gasteiger charge is -2.25. The van der Waals surface area contributed by atoms with Crippen molar-refractivity contribution in [3.63, 3.8) is 0 Å². The van der Waals surface area contributed by atoms with Crippen molar-refractivity contribution < 1.29 is 18.3 Å². The average Bonchev–Trinajstić information content (AvgIpc) is 2.33. The Morgan fingerprint density at radius 2 is 1.67 bits per heavy atom. The van der Waals surface area contributed by atoms with Crippen LogP contribution in [0.5, 0.6) is 0 Å². The Balaban J connectivity index is 3.05. The van der Waals surface area contributed by atoms with E-state index in [0.717, 1.165) is 5.56 Å². The molecule has 102 valence electrons. The quantitative estimate of drug-likeness (QED) is 0.610. The van der Waals surface area contributed by atoms with Gasteiger partial charge in [-0.15, -0.1) is 0 Å². The molecular weight excluding hydrogens is 253 g/mol. The molecule has 0 fully saturated rings. The van der Waals surface area contributed by atoms with Crippen LogP contribution in [0.3, 0.4) is 0 Å². The van der Waals surface area contributed by atoms with Crippen LogP contribution < -0.4 is 5.73 Å². The van der Waals surface area contributed by atoms with E-state index in [2.05, 4.69) is 0 Å². The fraction of sp³-hybridized carbons (Fsp3) is 0.500. The molecule has 0 radical (unpaired) electrons. The number of hydrogen-bond donors (Lipinski definition) is 1. The first kappa shape index (κ1) is 15.2. The summed E-state index contributed by atoms with van der Waals surface area (Å²) in [4.78, 5) is 0. The van der Waals surface area contributed by atoms with Crippen LogP contribution in [0, 0.1) is 0 Å². The van der Waals surface area contributed by atoms with Crippen molar-refractivity contribution in [1.82, 2.24) is 0 Å². The van der Waals surface area contributed by atoms with Gasteiger partial charge in [-0.3, -0.25) is 4.57 Å². The molecule has 0 aliphatic rings. The molecule has 0 aliphatic heterocycles. The molecule has 0 spiro atoms. The Kier molecular flexibility index (Phi) is 5.82. The van der Waals surface area contributed by atoms with Crippen LogP contribution >= 0.6 is 7.60 Å². The van der Waals surface area contributed by atoms with E-state index in [1.807, 2.05) is 0 Å². The number of methoxy groups -OCH3 is 1. The first-order valence-electron chi connectivity index (χ1n) is 5.84. The monoisotopic (exact) mass is 273 g/mol. The predicted octanol–water partition coefficient (Wildman–Crippen LogP) is 3.18. The second kappa shape index (κ2) is 6.90. The standard InChI is InChI=1S/C12H20NO4P/c1-4-16-18(14,17-5-2)12(15-3)10-6-8-11(13)9-7-10/h6-9,12H,4-5,13H2,1-3H3. The zero-order valence-electron chi connectivity index (χ0n) is 11.0. The number of hydrogen-bond acceptors (Lipinski definition) is 5. The van der Waals surface area contributed by atoms with Crippen molar-refractivity contribution >= 4 is 13.3 Å². The second-order valence-electron chi connectivity index (χ2n) is 3.63. The lowest BCUT2D eigenvalue weighted by atomic mass is 10.2. The van der Waals surface area contributed by atoms with Gasteiger partial charge in [0.15, 0.2) is 5.85 Å². The van der Waals surface area contributed by atoms with Gasteiger partial charge in [-0.05, 0) is 31.5 Å². The van der Waals surface area contributed by atoms with E-state index in [9.17, 15) is 4.57 Å². The fourth-order valence-electron chi connectivity index (χ4n) is 1.64. The average molecular weight is 273 g/mol. The third-order valence-corrected chi connectivity index (χ3v) is 4.67. The molecule has 1 rings (SSSR count). The Morgan fingerprint density at radius 3 is 2.06 bits per heavy atom. The third kappa shape index (κ3) is 3.56. The van der Waals surface area contributed by atoms with Gasteiger partial charge < -0.3 is 19.5 Å². The Bertz CT molecular complexity index is 397. The summed E-state index contributed by atoms with van der Waals surface area (Å²) in [7, 11) is -1.85. The van der Waals surface area contributed by atoms with Gasteiger partial charge in [0.2, 0.25) is 0 Å². The first-order valence-corrected chi connectivity index (χ1v) is 7.45. The summed E-state index contributed by atoms with van der Waals surface area (Å²) >= 11 is 0. The molecule has 0 heterocycles. The number of ether oxygens (including phenoxy) is 1. The minimum atomic E-state index is -3.33. The van der Waals surface area contributed by atoms with Crippen molar-refractivity contribution in [2.24, 2.45) is 0 Å². The van der Waals surface area contributed by atoms with Crippen LogP contribution in [0.4, 0.5) is 5.69 Å². The summed E-state index contributed by atoms with van der Waals surface area (Å²) < 4.78 is 28.5. The summed E-state index contributed by atoms with van der Waals surface area (Å²) in [5.74, 6) is -0.738. The van der Waals surface area contributed by atoms with E-state index in [0.29, 0.717) is 18.9 Å². The van der Waals surface area contributed by atoms with Crippen molar-refractivity contribution in [2.45, 2.75) is 19.7 Å². The zero-order valence-corrected chi connectivity index (χ0v) is 11.9. The normalized spacial score (nSPS) is 13.5. The van der Waals surface area contributed by atoms with E-state index in [1.165, 1.54) is 7.11 Å². The number of nitrogen functional groups attached to an aromatic ring is 1. The van der Waals surface area contributed by atoms with Gasteiger partial charge >= 0.3 is 7.60 Å². The van der Waals surface area contributed by atoms with Gasteiger partial charge in [-0.2, -0.15) is 0 Å². The van der Waals surface area contributed by atoms with E-state index in [-0.39, 0.29) is 0 Å². The van der Waals surface area contributed by atoms with Crippen LogP contribution in [0.1, 0.15) is 25.3 Å². The first-order chi connectivity index (χ1) is 8.57. The highest BCUT2D eigenvalue weighted by Crippen LogP contribution is 2.61. The number of anilines is 1. The van der Waals surface area contributed by atoms with Crippen molar-refractivity contribution in [3.05, 3.63) is 29.8 Å². The lowest BCUT2D eigenvalue weighted by molar-refractivity contribution is 0.109. The largest absolute Gasteiger partial charge is 0.399 e.